The monoisotopic (exact) mass is 321 g/mol. The molecule has 2 aromatic carbocycles. The molecule has 3 heteroatoms. The summed E-state index contributed by atoms with van der Waals surface area (Å²) >= 11 is 0. The quantitative estimate of drug-likeness (QED) is 0.669. The summed E-state index contributed by atoms with van der Waals surface area (Å²) in [5.74, 6) is 0.854. The zero-order valence-electron chi connectivity index (χ0n) is 14.9. The van der Waals surface area contributed by atoms with Gasteiger partial charge in [0.25, 0.3) is 5.91 Å². The molecule has 0 spiro atoms. The first-order valence-electron chi connectivity index (χ1n) is 8.14. The van der Waals surface area contributed by atoms with Crippen LogP contribution in [0.2, 0.25) is 0 Å². The topological polar surface area (TPSA) is 31.2 Å². The SMILES string of the molecule is COc1ccc2c(cc(C)n2C(=O)c2ccccc2)c1C(C)(C)C. The van der Waals surface area contributed by atoms with Crippen molar-refractivity contribution in [2.24, 2.45) is 0 Å². The predicted octanol–water partition coefficient (Wildman–Crippen LogP) is 4.94. The lowest BCUT2D eigenvalue weighted by Gasteiger charge is -2.23. The number of carbonyl (C=O) groups excluding carboxylic acids is 1. The lowest BCUT2D eigenvalue weighted by Crippen LogP contribution is -2.15. The predicted molar refractivity (Wildman–Crippen MR) is 98.1 cm³/mol. The van der Waals surface area contributed by atoms with Crippen molar-refractivity contribution < 1.29 is 9.53 Å². The maximum Gasteiger partial charge on any atom is 0.262 e. The third kappa shape index (κ3) is 2.60. The fourth-order valence-corrected chi connectivity index (χ4v) is 3.32. The molecule has 0 aliphatic rings. The third-order valence-electron chi connectivity index (χ3n) is 4.32. The molecule has 3 rings (SSSR count). The van der Waals surface area contributed by atoms with Crippen molar-refractivity contribution >= 4 is 16.8 Å². The summed E-state index contributed by atoms with van der Waals surface area (Å²) in [6, 6.07) is 15.4. The maximum atomic E-state index is 13.0. The Morgan fingerprint density at radius 2 is 1.71 bits per heavy atom. The molecule has 3 aromatic rings. The highest BCUT2D eigenvalue weighted by atomic mass is 16.5. The molecule has 0 N–H and O–H groups in total. The van der Waals surface area contributed by atoms with Crippen LogP contribution >= 0.6 is 0 Å². The van der Waals surface area contributed by atoms with Gasteiger partial charge < -0.3 is 4.74 Å². The molecule has 0 aliphatic heterocycles. The van der Waals surface area contributed by atoms with Gasteiger partial charge in [0.05, 0.1) is 12.6 Å². The lowest BCUT2D eigenvalue weighted by atomic mass is 9.84. The summed E-state index contributed by atoms with van der Waals surface area (Å²) in [6.45, 7) is 8.46. The van der Waals surface area contributed by atoms with Gasteiger partial charge in [-0.15, -0.1) is 0 Å². The van der Waals surface area contributed by atoms with E-state index in [1.807, 2.05) is 49.4 Å². The van der Waals surface area contributed by atoms with Crippen LogP contribution in [0.1, 0.15) is 42.4 Å². The molecule has 3 nitrogen and oxygen atoms in total. The van der Waals surface area contributed by atoms with Crippen LogP contribution in [0.15, 0.2) is 48.5 Å². The van der Waals surface area contributed by atoms with E-state index in [9.17, 15) is 4.79 Å². The van der Waals surface area contributed by atoms with Gasteiger partial charge in [0, 0.05) is 22.2 Å². The van der Waals surface area contributed by atoms with Crippen LogP contribution in [-0.2, 0) is 5.41 Å². The van der Waals surface area contributed by atoms with E-state index in [2.05, 4.69) is 26.8 Å². The molecule has 24 heavy (non-hydrogen) atoms. The van der Waals surface area contributed by atoms with Gasteiger partial charge in [-0.1, -0.05) is 39.0 Å². The van der Waals surface area contributed by atoms with Gasteiger partial charge in [0.2, 0.25) is 0 Å². The minimum Gasteiger partial charge on any atom is -0.496 e. The summed E-state index contributed by atoms with van der Waals surface area (Å²) < 4.78 is 7.37. The normalized spacial score (nSPS) is 11.7. The highest BCUT2D eigenvalue weighted by Gasteiger charge is 2.25. The zero-order chi connectivity index (χ0) is 17.5. The first-order chi connectivity index (χ1) is 11.3. The van der Waals surface area contributed by atoms with Crippen LogP contribution in [0.4, 0.5) is 0 Å². The van der Waals surface area contributed by atoms with Crippen molar-refractivity contribution in [3.63, 3.8) is 0 Å². The minimum atomic E-state index is -0.0841. The van der Waals surface area contributed by atoms with E-state index in [0.717, 1.165) is 27.9 Å². The van der Waals surface area contributed by atoms with E-state index < -0.39 is 0 Å². The van der Waals surface area contributed by atoms with Gasteiger partial charge in [0.15, 0.2) is 0 Å². The van der Waals surface area contributed by atoms with E-state index >= 15 is 0 Å². The Bertz CT molecular complexity index is 899. The Kier molecular flexibility index (Phi) is 3.96. The molecular formula is C21H23NO2. The van der Waals surface area contributed by atoms with E-state index in [1.54, 1.807) is 11.7 Å². The number of benzene rings is 2. The molecule has 1 aromatic heterocycles. The number of fused-ring (bicyclic) bond motifs is 1. The number of nitrogens with zero attached hydrogens (tertiary/aromatic N) is 1. The Balaban J connectivity index is 2.29. The molecule has 124 valence electrons. The van der Waals surface area contributed by atoms with Gasteiger partial charge in [-0.05, 0) is 42.7 Å². The molecule has 0 saturated carbocycles. The van der Waals surface area contributed by atoms with Crippen LogP contribution < -0.4 is 4.74 Å². The summed E-state index contributed by atoms with van der Waals surface area (Å²) in [6.07, 6.45) is 0. The first kappa shape index (κ1) is 16.3. The Labute approximate surface area is 142 Å². The molecule has 0 bridgehead atoms. The second-order valence-corrected chi connectivity index (χ2v) is 7.12. The molecule has 0 atom stereocenters. The molecule has 0 amide bonds. The van der Waals surface area contributed by atoms with Gasteiger partial charge in [-0.25, -0.2) is 0 Å². The largest absolute Gasteiger partial charge is 0.496 e. The number of hydrogen-bond donors (Lipinski definition) is 0. The van der Waals surface area contributed by atoms with Gasteiger partial charge in [-0.3, -0.25) is 9.36 Å². The third-order valence-corrected chi connectivity index (χ3v) is 4.32. The molecule has 0 radical (unpaired) electrons. The maximum absolute atomic E-state index is 13.0. The van der Waals surface area contributed by atoms with Crippen LogP contribution in [0.3, 0.4) is 0 Å². The van der Waals surface area contributed by atoms with Crippen molar-refractivity contribution in [3.05, 3.63) is 65.4 Å². The molecule has 0 unspecified atom stereocenters. The summed E-state index contributed by atoms with van der Waals surface area (Å²) in [5, 5.41) is 1.07. The van der Waals surface area contributed by atoms with Gasteiger partial charge in [0.1, 0.15) is 5.75 Å². The van der Waals surface area contributed by atoms with Gasteiger partial charge >= 0.3 is 0 Å². The number of carbonyl (C=O) groups is 1. The minimum absolute atomic E-state index is 0.00636. The molecular weight excluding hydrogens is 298 g/mol. The zero-order valence-corrected chi connectivity index (χ0v) is 14.9. The fraction of sp³-hybridized carbons (Fsp3) is 0.286. The van der Waals surface area contributed by atoms with Crippen molar-refractivity contribution in [2.45, 2.75) is 33.1 Å². The summed E-state index contributed by atoms with van der Waals surface area (Å²) in [7, 11) is 1.69. The van der Waals surface area contributed by atoms with Crippen LogP contribution in [0, 0.1) is 6.92 Å². The van der Waals surface area contributed by atoms with E-state index in [0.29, 0.717) is 5.56 Å². The number of hydrogen-bond acceptors (Lipinski definition) is 2. The number of aromatic nitrogens is 1. The Morgan fingerprint density at radius 3 is 2.29 bits per heavy atom. The van der Waals surface area contributed by atoms with E-state index in [1.165, 1.54) is 0 Å². The number of ether oxygens (including phenoxy) is 1. The fourth-order valence-electron chi connectivity index (χ4n) is 3.32. The molecule has 0 fully saturated rings. The van der Waals surface area contributed by atoms with Crippen molar-refractivity contribution in [3.8, 4) is 5.75 Å². The van der Waals surface area contributed by atoms with Gasteiger partial charge in [-0.2, -0.15) is 0 Å². The smallest absolute Gasteiger partial charge is 0.262 e. The number of rotatable bonds is 2. The van der Waals surface area contributed by atoms with Crippen LogP contribution in [0.5, 0.6) is 5.75 Å². The Hall–Kier alpha value is -2.55. The summed E-state index contributed by atoms with van der Waals surface area (Å²) in [5.41, 5.74) is 3.58. The standard InChI is InChI=1S/C21H23NO2/c1-14-13-16-17(11-12-18(24-5)19(16)21(2,3)4)22(14)20(23)15-9-7-6-8-10-15/h6-13H,1-5H3. The second-order valence-electron chi connectivity index (χ2n) is 7.12. The number of methoxy groups -OCH3 is 1. The van der Waals surface area contributed by atoms with Crippen molar-refractivity contribution in [1.82, 2.24) is 4.57 Å². The van der Waals surface area contributed by atoms with Crippen LogP contribution in [-0.4, -0.2) is 17.6 Å². The highest BCUT2D eigenvalue weighted by Crippen LogP contribution is 2.38. The molecule has 1 heterocycles. The average Bonchev–Trinajstić information content (AvgIpc) is 2.88. The van der Waals surface area contributed by atoms with E-state index in [-0.39, 0.29) is 11.3 Å². The van der Waals surface area contributed by atoms with E-state index in [4.69, 9.17) is 4.74 Å². The number of aryl methyl sites for hydroxylation is 1. The lowest BCUT2D eigenvalue weighted by molar-refractivity contribution is 0.0963. The highest BCUT2D eigenvalue weighted by molar-refractivity contribution is 6.04. The van der Waals surface area contributed by atoms with Crippen molar-refractivity contribution in [2.75, 3.05) is 7.11 Å². The molecule has 0 aliphatic carbocycles. The average molecular weight is 321 g/mol. The molecule has 0 saturated heterocycles. The van der Waals surface area contributed by atoms with Crippen LogP contribution in [0.25, 0.3) is 10.9 Å². The Morgan fingerprint density at radius 1 is 1.04 bits per heavy atom. The van der Waals surface area contributed by atoms with Crippen molar-refractivity contribution in [1.29, 1.82) is 0 Å². The first-order valence-corrected chi connectivity index (χ1v) is 8.14. The second kappa shape index (κ2) is 5.82. The summed E-state index contributed by atoms with van der Waals surface area (Å²) in [4.78, 5) is 13.0.